The molecule has 1 heterocycles. The van der Waals surface area contributed by atoms with Gasteiger partial charge in [-0.2, -0.15) is 0 Å². The summed E-state index contributed by atoms with van der Waals surface area (Å²) < 4.78 is 21.3. The van der Waals surface area contributed by atoms with Crippen LogP contribution in [0.5, 0.6) is 0 Å². The largest absolute Gasteiger partial charge is 0.301 e. The fraction of sp³-hybridized carbons (Fsp3) is 0.714. The predicted octanol–water partition coefficient (Wildman–Crippen LogP) is -0.604. The van der Waals surface area contributed by atoms with Gasteiger partial charge in [-0.15, -0.1) is 5.92 Å². The van der Waals surface area contributed by atoms with Crippen molar-refractivity contribution in [1.29, 1.82) is 0 Å². The highest BCUT2D eigenvalue weighted by Gasteiger charge is 2.32. The molecule has 1 rings (SSSR count). The van der Waals surface area contributed by atoms with Crippen LogP contribution in [0.2, 0.25) is 0 Å². The van der Waals surface area contributed by atoms with Crippen molar-refractivity contribution in [3.63, 3.8) is 0 Å². The van der Waals surface area contributed by atoms with Gasteiger partial charge in [-0.05, 0) is 6.92 Å². The van der Waals surface area contributed by atoms with Crippen molar-refractivity contribution < 1.29 is 8.42 Å². The zero-order valence-corrected chi connectivity index (χ0v) is 7.24. The molecule has 11 heavy (non-hydrogen) atoms. The van der Waals surface area contributed by atoms with Crippen LogP contribution in [0.3, 0.4) is 0 Å². The maximum Gasteiger partial charge on any atom is 0.153 e. The van der Waals surface area contributed by atoms with E-state index in [1.165, 1.54) is 0 Å². The van der Waals surface area contributed by atoms with E-state index < -0.39 is 9.84 Å². The Morgan fingerprint density at radius 3 is 2.64 bits per heavy atom. The Morgan fingerprint density at radius 2 is 2.18 bits per heavy atom. The third-order valence-corrected chi connectivity index (χ3v) is 3.39. The van der Waals surface area contributed by atoms with E-state index in [0.717, 1.165) is 0 Å². The lowest BCUT2D eigenvalue weighted by Gasteiger charge is -2.25. The minimum atomic E-state index is -2.68. The summed E-state index contributed by atoms with van der Waals surface area (Å²) in [6.07, 6.45) is 0. The van der Waals surface area contributed by atoms with Crippen molar-refractivity contribution in [3.8, 4) is 11.8 Å². The Morgan fingerprint density at radius 1 is 1.55 bits per heavy atom. The summed E-state index contributed by atoms with van der Waals surface area (Å²) in [6, 6.07) is 0.140. The molecular weight excluding hydrogens is 162 g/mol. The Balaban J connectivity index is 2.18. The van der Waals surface area contributed by atoms with Crippen LogP contribution in [-0.4, -0.2) is 32.5 Å². The standard InChI is InChI=1S/C7H11NO2S/c1-2-3-4-8-7-5-11(9,10)6-7/h7-8H,4-6H2,1H3. The highest BCUT2D eigenvalue weighted by atomic mass is 32.2. The van der Waals surface area contributed by atoms with Gasteiger partial charge in [-0.3, -0.25) is 0 Å². The fourth-order valence-electron chi connectivity index (χ4n) is 0.966. The van der Waals surface area contributed by atoms with Gasteiger partial charge in [0.1, 0.15) is 0 Å². The number of hydrogen-bond donors (Lipinski definition) is 1. The lowest BCUT2D eigenvalue weighted by molar-refractivity contribution is 0.529. The van der Waals surface area contributed by atoms with Gasteiger partial charge >= 0.3 is 0 Å². The molecule has 0 amide bonds. The molecule has 1 aliphatic heterocycles. The highest BCUT2D eigenvalue weighted by molar-refractivity contribution is 7.92. The molecule has 4 heteroatoms. The molecule has 1 aliphatic rings. The SMILES string of the molecule is CC#CCNC1CS(=O)(=O)C1. The monoisotopic (exact) mass is 173 g/mol. The molecule has 0 aliphatic carbocycles. The van der Waals surface area contributed by atoms with Crippen LogP contribution in [0, 0.1) is 11.8 Å². The van der Waals surface area contributed by atoms with Crippen LogP contribution in [0.1, 0.15) is 6.92 Å². The second kappa shape index (κ2) is 3.24. The van der Waals surface area contributed by atoms with Crippen molar-refractivity contribution in [3.05, 3.63) is 0 Å². The second-order valence-electron chi connectivity index (χ2n) is 2.58. The molecule has 0 spiro atoms. The lowest BCUT2D eigenvalue weighted by Crippen LogP contribution is -2.50. The van der Waals surface area contributed by atoms with Crippen molar-refractivity contribution >= 4 is 9.84 Å². The first-order valence-electron chi connectivity index (χ1n) is 3.47. The quantitative estimate of drug-likeness (QED) is 0.567. The normalized spacial score (nSPS) is 21.5. The molecule has 0 radical (unpaired) electrons. The van der Waals surface area contributed by atoms with E-state index in [4.69, 9.17) is 0 Å². The summed E-state index contributed by atoms with van der Waals surface area (Å²) in [6.45, 7) is 2.36. The van der Waals surface area contributed by atoms with Crippen LogP contribution in [0.4, 0.5) is 0 Å². The van der Waals surface area contributed by atoms with Crippen molar-refractivity contribution in [2.45, 2.75) is 13.0 Å². The van der Waals surface area contributed by atoms with Gasteiger partial charge in [-0.25, -0.2) is 8.42 Å². The minimum Gasteiger partial charge on any atom is -0.301 e. The van der Waals surface area contributed by atoms with Crippen LogP contribution in [-0.2, 0) is 9.84 Å². The van der Waals surface area contributed by atoms with E-state index >= 15 is 0 Å². The van der Waals surface area contributed by atoms with Gasteiger partial charge in [0.15, 0.2) is 9.84 Å². The maximum atomic E-state index is 10.7. The summed E-state index contributed by atoms with van der Waals surface area (Å²) in [5, 5.41) is 3.02. The summed E-state index contributed by atoms with van der Waals surface area (Å²) in [5.74, 6) is 6.10. The maximum absolute atomic E-state index is 10.7. The Hall–Kier alpha value is -0.530. The van der Waals surface area contributed by atoms with Crippen molar-refractivity contribution in [1.82, 2.24) is 5.32 Å². The molecule has 0 aromatic carbocycles. The van der Waals surface area contributed by atoms with Crippen LogP contribution in [0.15, 0.2) is 0 Å². The molecule has 1 saturated heterocycles. The zero-order valence-electron chi connectivity index (χ0n) is 6.42. The van der Waals surface area contributed by atoms with E-state index in [2.05, 4.69) is 17.2 Å². The van der Waals surface area contributed by atoms with Crippen molar-refractivity contribution in [2.24, 2.45) is 0 Å². The van der Waals surface area contributed by atoms with Crippen LogP contribution < -0.4 is 5.32 Å². The van der Waals surface area contributed by atoms with Gasteiger partial charge in [0, 0.05) is 6.04 Å². The van der Waals surface area contributed by atoms with E-state index in [1.807, 2.05) is 0 Å². The first-order valence-corrected chi connectivity index (χ1v) is 5.29. The van der Waals surface area contributed by atoms with E-state index in [-0.39, 0.29) is 17.5 Å². The molecule has 0 aromatic heterocycles. The molecule has 0 unspecified atom stereocenters. The molecule has 1 fully saturated rings. The van der Waals surface area contributed by atoms with Gasteiger partial charge in [0.2, 0.25) is 0 Å². The average Bonchev–Trinajstić information content (AvgIpc) is 1.84. The smallest absolute Gasteiger partial charge is 0.153 e. The van der Waals surface area contributed by atoms with Crippen LogP contribution in [0.25, 0.3) is 0 Å². The molecule has 62 valence electrons. The second-order valence-corrected chi connectivity index (χ2v) is 4.74. The van der Waals surface area contributed by atoms with Gasteiger partial charge < -0.3 is 5.32 Å². The van der Waals surface area contributed by atoms with Crippen LogP contribution >= 0.6 is 0 Å². The first-order chi connectivity index (χ1) is 5.14. The summed E-state index contributed by atoms with van der Waals surface area (Å²) in [7, 11) is -2.68. The molecule has 0 aromatic rings. The topological polar surface area (TPSA) is 46.2 Å². The third kappa shape index (κ3) is 2.52. The Bertz CT molecular complexity index is 271. The fourth-order valence-corrected chi connectivity index (χ4v) is 2.33. The van der Waals surface area contributed by atoms with Gasteiger partial charge in [-0.1, -0.05) is 5.92 Å². The summed E-state index contributed by atoms with van der Waals surface area (Å²) >= 11 is 0. The van der Waals surface area contributed by atoms with E-state index in [1.54, 1.807) is 6.92 Å². The molecular formula is C7H11NO2S. The summed E-state index contributed by atoms with van der Waals surface area (Å²) in [4.78, 5) is 0. The Labute approximate surface area is 67.1 Å². The average molecular weight is 173 g/mol. The predicted molar refractivity (Wildman–Crippen MR) is 43.9 cm³/mol. The minimum absolute atomic E-state index is 0.140. The number of hydrogen-bond acceptors (Lipinski definition) is 3. The Kier molecular flexibility index (Phi) is 2.53. The van der Waals surface area contributed by atoms with Gasteiger partial charge in [0.25, 0.3) is 0 Å². The molecule has 0 atom stereocenters. The number of sulfone groups is 1. The molecule has 3 nitrogen and oxygen atoms in total. The van der Waals surface area contributed by atoms with E-state index in [0.29, 0.717) is 6.54 Å². The lowest BCUT2D eigenvalue weighted by atomic mass is 10.3. The number of rotatable bonds is 2. The molecule has 0 saturated carbocycles. The summed E-state index contributed by atoms with van der Waals surface area (Å²) in [5.41, 5.74) is 0. The third-order valence-electron chi connectivity index (χ3n) is 1.57. The zero-order chi connectivity index (χ0) is 8.32. The number of nitrogens with one attached hydrogen (secondary N) is 1. The van der Waals surface area contributed by atoms with Crippen molar-refractivity contribution in [2.75, 3.05) is 18.1 Å². The molecule has 1 N–H and O–H groups in total. The highest BCUT2D eigenvalue weighted by Crippen LogP contribution is 2.09. The van der Waals surface area contributed by atoms with E-state index in [9.17, 15) is 8.42 Å². The van der Waals surface area contributed by atoms with Gasteiger partial charge in [0.05, 0.1) is 18.1 Å². The molecule has 0 bridgehead atoms. The first kappa shape index (κ1) is 8.57.